The summed E-state index contributed by atoms with van der Waals surface area (Å²) in [7, 11) is 0. The van der Waals surface area contributed by atoms with Crippen LogP contribution in [0.1, 0.15) is 24.1 Å². The summed E-state index contributed by atoms with van der Waals surface area (Å²) in [6, 6.07) is 8.82. The van der Waals surface area contributed by atoms with E-state index in [9.17, 15) is 5.11 Å². The van der Waals surface area contributed by atoms with E-state index in [1.807, 2.05) is 12.1 Å². The molecule has 3 heteroatoms. The van der Waals surface area contributed by atoms with Gasteiger partial charge in [-0.05, 0) is 43.1 Å². The first-order chi connectivity index (χ1) is 8.38. The molecule has 90 valence electrons. The standard InChI is InChI=1S/C14H18N2O/c17-10-11-8-13-5-1-2-7-16(13)14(11)9-12-4-3-6-15-12/h1-2,5,7-8,12,15,17H,3-4,6,9-10H2/t12-/m0/s1. The van der Waals surface area contributed by atoms with Crippen molar-refractivity contribution in [1.29, 1.82) is 0 Å². The lowest BCUT2D eigenvalue weighted by molar-refractivity contribution is 0.280. The van der Waals surface area contributed by atoms with Gasteiger partial charge in [-0.1, -0.05) is 6.07 Å². The van der Waals surface area contributed by atoms with E-state index < -0.39 is 0 Å². The molecule has 3 nitrogen and oxygen atoms in total. The van der Waals surface area contributed by atoms with Gasteiger partial charge in [-0.2, -0.15) is 0 Å². The number of pyridine rings is 1. The Hall–Kier alpha value is -1.32. The van der Waals surface area contributed by atoms with E-state index in [2.05, 4.69) is 28.0 Å². The first-order valence-electron chi connectivity index (χ1n) is 6.30. The molecule has 1 saturated heterocycles. The Morgan fingerprint density at radius 1 is 1.41 bits per heavy atom. The zero-order chi connectivity index (χ0) is 11.7. The second-order valence-electron chi connectivity index (χ2n) is 4.77. The minimum absolute atomic E-state index is 0.129. The Bertz CT molecular complexity index is 512. The predicted octanol–water partition coefficient (Wildman–Crippen LogP) is 1.73. The van der Waals surface area contributed by atoms with E-state index in [-0.39, 0.29) is 6.61 Å². The molecular formula is C14H18N2O. The number of rotatable bonds is 3. The maximum atomic E-state index is 9.46. The first-order valence-corrected chi connectivity index (χ1v) is 6.30. The van der Waals surface area contributed by atoms with Gasteiger partial charge >= 0.3 is 0 Å². The van der Waals surface area contributed by atoms with Gasteiger partial charge in [-0.15, -0.1) is 0 Å². The van der Waals surface area contributed by atoms with Crippen LogP contribution in [0.2, 0.25) is 0 Å². The van der Waals surface area contributed by atoms with Crippen molar-refractivity contribution >= 4 is 5.52 Å². The second-order valence-corrected chi connectivity index (χ2v) is 4.77. The summed E-state index contributed by atoms with van der Waals surface area (Å²) in [5, 5.41) is 13.0. The third kappa shape index (κ3) is 1.96. The van der Waals surface area contributed by atoms with Crippen LogP contribution in [-0.4, -0.2) is 22.1 Å². The number of aliphatic hydroxyl groups is 1. The van der Waals surface area contributed by atoms with Crippen LogP contribution in [0.4, 0.5) is 0 Å². The van der Waals surface area contributed by atoms with Crippen LogP contribution in [0, 0.1) is 0 Å². The molecule has 0 aliphatic carbocycles. The van der Waals surface area contributed by atoms with E-state index in [0.717, 1.165) is 18.5 Å². The van der Waals surface area contributed by atoms with Gasteiger partial charge in [-0.25, -0.2) is 0 Å². The molecule has 2 aromatic rings. The summed E-state index contributed by atoms with van der Waals surface area (Å²) in [6.45, 7) is 1.26. The van der Waals surface area contributed by atoms with Gasteiger partial charge in [0.15, 0.2) is 0 Å². The summed E-state index contributed by atoms with van der Waals surface area (Å²) < 4.78 is 2.20. The van der Waals surface area contributed by atoms with Crippen LogP contribution in [0.25, 0.3) is 5.52 Å². The van der Waals surface area contributed by atoms with Crippen molar-refractivity contribution < 1.29 is 5.11 Å². The van der Waals surface area contributed by atoms with Gasteiger partial charge in [0, 0.05) is 29.9 Å². The van der Waals surface area contributed by atoms with E-state index in [1.165, 1.54) is 24.1 Å². The largest absolute Gasteiger partial charge is 0.392 e. The molecule has 3 rings (SSSR count). The van der Waals surface area contributed by atoms with Crippen molar-refractivity contribution in [3.63, 3.8) is 0 Å². The van der Waals surface area contributed by atoms with E-state index in [0.29, 0.717) is 6.04 Å². The van der Waals surface area contributed by atoms with Crippen molar-refractivity contribution in [2.75, 3.05) is 6.54 Å². The number of hydrogen-bond acceptors (Lipinski definition) is 2. The van der Waals surface area contributed by atoms with Crippen molar-refractivity contribution in [1.82, 2.24) is 9.72 Å². The lowest BCUT2D eigenvalue weighted by Gasteiger charge is -2.11. The van der Waals surface area contributed by atoms with Gasteiger partial charge in [0.05, 0.1) is 6.61 Å². The molecule has 0 amide bonds. The molecule has 1 aliphatic rings. The number of fused-ring (bicyclic) bond motifs is 1. The molecule has 3 heterocycles. The Balaban J connectivity index is 1.99. The summed E-state index contributed by atoms with van der Waals surface area (Å²) in [5.74, 6) is 0. The van der Waals surface area contributed by atoms with Crippen LogP contribution < -0.4 is 5.32 Å². The van der Waals surface area contributed by atoms with Gasteiger partial charge in [0.2, 0.25) is 0 Å². The van der Waals surface area contributed by atoms with E-state index in [4.69, 9.17) is 0 Å². The highest BCUT2D eigenvalue weighted by Gasteiger charge is 2.18. The van der Waals surface area contributed by atoms with Crippen LogP contribution in [-0.2, 0) is 13.0 Å². The lowest BCUT2D eigenvalue weighted by atomic mass is 10.1. The highest BCUT2D eigenvalue weighted by atomic mass is 16.3. The molecule has 1 atom stereocenters. The Morgan fingerprint density at radius 2 is 2.35 bits per heavy atom. The van der Waals surface area contributed by atoms with E-state index >= 15 is 0 Å². The Morgan fingerprint density at radius 3 is 3.12 bits per heavy atom. The fraction of sp³-hybridized carbons (Fsp3) is 0.429. The first kappa shape index (κ1) is 10.8. The quantitative estimate of drug-likeness (QED) is 0.842. The minimum atomic E-state index is 0.129. The molecule has 17 heavy (non-hydrogen) atoms. The fourth-order valence-electron chi connectivity index (χ4n) is 2.77. The smallest absolute Gasteiger partial charge is 0.0699 e. The Kier molecular flexibility index (Phi) is 2.87. The van der Waals surface area contributed by atoms with Crippen molar-refractivity contribution in [3.8, 4) is 0 Å². The van der Waals surface area contributed by atoms with Gasteiger partial charge in [0.25, 0.3) is 0 Å². The average molecular weight is 230 g/mol. The molecule has 2 aromatic heterocycles. The zero-order valence-electron chi connectivity index (χ0n) is 9.89. The van der Waals surface area contributed by atoms with Crippen LogP contribution in [0.5, 0.6) is 0 Å². The molecule has 1 fully saturated rings. The van der Waals surface area contributed by atoms with Crippen LogP contribution >= 0.6 is 0 Å². The molecule has 2 N–H and O–H groups in total. The maximum absolute atomic E-state index is 9.46. The summed E-state index contributed by atoms with van der Waals surface area (Å²) in [5.41, 5.74) is 3.48. The van der Waals surface area contributed by atoms with Gasteiger partial charge < -0.3 is 14.8 Å². The molecule has 0 unspecified atom stereocenters. The van der Waals surface area contributed by atoms with Gasteiger partial charge in [0.1, 0.15) is 0 Å². The number of aliphatic hydroxyl groups excluding tert-OH is 1. The number of aromatic nitrogens is 1. The SMILES string of the molecule is OCc1cc2ccccn2c1C[C@@H]1CCCN1. The Labute approximate surface area is 101 Å². The van der Waals surface area contributed by atoms with Crippen LogP contribution in [0.15, 0.2) is 30.5 Å². The molecule has 0 spiro atoms. The number of nitrogens with zero attached hydrogens (tertiary/aromatic N) is 1. The van der Waals surface area contributed by atoms with Crippen molar-refractivity contribution in [2.24, 2.45) is 0 Å². The molecule has 1 aliphatic heterocycles. The highest BCUT2D eigenvalue weighted by Crippen LogP contribution is 2.20. The second kappa shape index (κ2) is 4.51. The third-order valence-corrected chi connectivity index (χ3v) is 3.65. The topological polar surface area (TPSA) is 36.7 Å². The fourth-order valence-corrected chi connectivity index (χ4v) is 2.77. The molecule has 0 saturated carbocycles. The minimum Gasteiger partial charge on any atom is -0.392 e. The maximum Gasteiger partial charge on any atom is 0.0699 e. The highest BCUT2D eigenvalue weighted by molar-refractivity contribution is 5.53. The predicted molar refractivity (Wildman–Crippen MR) is 68.0 cm³/mol. The summed E-state index contributed by atoms with van der Waals surface area (Å²) >= 11 is 0. The molecule has 0 radical (unpaired) electrons. The lowest BCUT2D eigenvalue weighted by Crippen LogP contribution is -2.24. The molecule has 0 aromatic carbocycles. The zero-order valence-corrected chi connectivity index (χ0v) is 9.89. The molecule has 0 bridgehead atoms. The number of hydrogen-bond donors (Lipinski definition) is 2. The summed E-state index contributed by atoms with van der Waals surface area (Å²) in [6.07, 6.45) is 5.60. The third-order valence-electron chi connectivity index (χ3n) is 3.65. The normalized spacial score (nSPS) is 20.2. The van der Waals surface area contributed by atoms with Gasteiger partial charge in [-0.3, -0.25) is 0 Å². The van der Waals surface area contributed by atoms with Crippen molar-refractivity contribution in [2.45, 2.75) is 31.9 Å². The average Bonchev–Trinajstić information content (AvgIpc) is 2.98. The monoisotopic (exact) mass is 230 g/mol. The summed E-state index contributed by atoms with van der Waals surface area (Å²) in [4.78, 5) is 0. The van der Waals surface area contributed by atoms with E-state index in [1.54, 1.807) is 0 Å². The number of nitrogens with one attached hydrogen (secondary N) is 1. The van der Waals surface area contributed by atoms with Crippen molar-refractivity contribution in [3.05, 3.63) is 41.7 Å². The molecular weight excluding hydrogens is 212 g/mol. The van der Waals surface area contributed by atoms with Crippen LogP contribution in [0.3, 0.4) is 0 Å².